The number of hydrogen-bond donors (Lipinski definition) is 1. The van der Waals surface area contributed by atoms with Crippen molar-refractivity contribution in [1.29, 1.82) is 0 Å². The molecular weight excluding hydrogens is 284 g/mol. The summed E-state index contributed by atoms with van der Waals surface area (Å²) < 4.78 is 6.13. The van der Waals surface area contributed by atoms with Crippen LogP contribution in [0.4, 0.5) is 5.82 Å². The minimum Gasteiger partial charge on any atom is -0.497 e. The van der Waals surface area contributed by atoms with E-state index in [2.05, 4.69) is 25.9 Å². The fourth-order valence-corrected chi connectivity index (χ4v) is 2.85. The summed E-state index contributed by atoms with van der Waals surface area (Å²) in [7, 11) is 1.65. The van der Waals surface area contributed by atoms with Crippen molar-refractivity contribution >= 4 is 33.6 Å². The number of aryl methyl sites for hydroxylation is 1. The first kappa shape index (κ1) is 13.5. The first-order valence-electron chi connectivity index (χ1n) is 6.40. The van der Waals surface area contributed by atoms with E-state index >= 15 is 0 Å². The maximum absolute atomic E-state index is 5.12. The molecule has 0 bridgehead atoms. The second-order valence-corrected chi connectivity index (χ2v) is 5.34. The predicted molar refractivity (Wildman–Crippen MR) is 86.4 cm³/mol. The zero-order chi connectivity index (χ0) is 14.7. The molecule has 0 saturated carbocycles. The van der Waals surface area contributed by atoms with Gasteiger partial charge in [-0.1, -0.05) is 0 Å². The summed E-state index contributed by atoms with van der Waals surface area (Å²) >= 11 is 1.61. The largest absolute Gasteiger partial charge is 0.497 e. The minimum atomic E-state index is 0.725. The van der Waals surface area contributed by atoms with Gasteiger partial charge in [-0.05, 0) is 47.7 Å². The molecule has 5 nitrogen and oxygen atoms in total. The van der Waals surface area contributed by atoms with Crippen LogP contribution in [0.1, 0.15) is 11.1 Å². The maximum Gasteiger partial charge on any atom is 0.167 e. The minimum absolute atomic E-state index is 0.725. The van der Waals surface area contributed by atoms with E-state index in [-0.39, 0.29) is 0 Å². The van der Waals surface area contributed by atoms with Crippen LogP contribution in [0.25, 0.3) is 10.2 Å². The first-order valence-corrected chi connectivity index (χ1v) is 7.28. The van der Waals surface area contributed by atoms with Gasteiger partial charge in [0.25, 0.3) is 0 Å². The molecule has 106 valence electrons. The van der Waals surface area contributed by atoms with E-state index in [0.29, 0.717) is 0 Å². The van der Waals surface area contributed by atoms with Crippen molar-refractivity contribution < 1.29 is 4.74 Å². The zero-order valence-corrected chi connectivity index (χ0v) is 12.5. The van der Waals surface area contributed by atoms with Gasteiger partial charge >= 0.3 is 0 Å². The van der Waals surface area contributed by atoms with E-state index in [4.69, 9.17) is 4.74 Å². The highest BCUT2D eigenvalue weighted by Crippen LogP contribution is 2.28. The molecule has 0 aliphatic carbocycles. The molecule has 0 spiro atoms. The second-order valence-electron chi connectivity index (χ2n) is 4.46. The van der Waals surface area contributed by atoms with Crippen LogP contribution in [0.15, 0.2) is 41.1 Å². The molecule has 3 rings (SSSR count). The third-order valence-corrected chi connectivity index (χ3v) is 4.12. The number of nitrogens with zero attached hydrogens (tertiary/aromatic N) is 3. The number of thiophene rings is 1. The number of nitrogens with one attached hydrogen (secondary N) is 1. The molecule has 21 heavy (non-hydrogen) atoms. The van der Waals surface area contributed by atoms with E-state index < -0.39 is 0 Å². The number of hydrogen-bond acceptors (Lipinski definition) is 6. The van der Waals surface area contributed by atoms with Crippen LogP contribution in [-0.4, -0.2) is 23.3 Å². The summed E-state index contributed by atoms with van der Waals surface area (Å²) in [6.07, 6.45) is 3.29. The topological polar surface area (TPSA) is 59.4 Å². The van der Waals surface area contributed by atoms with Gasteiger partial charge in [0.15, 0.2) is 5.82 Å². The van der Waals surface area contributed by atoms with Gasteiger partial charge in [-0.15, -0.1) is 11.3 Å². The average molecular weight is 298 g/mol. The average Bonchev–Trinajstić information content (AvgIpc) is 2.91. The number of methoxy groups -OCH3 is 1. The van der Waals surface area contributed by atoms with Crippen molar-refractivity contribution in [3.8, 4) is 5.75 Å². The fourth-order valence-electron chi connectivity index (χ4n) is 1.91. The molecule has 0 atom stereocenters. The highest BCUT2D eigenvalue weighted by Gasteiger charge is 2.06. The van der Waals surface area contributed by atoms with Crippen LogP contribution in [0.3, 0.4) is 0 Å². The lowest BCUT2D eigenvalue weighted by molar-refractivity contribution is 0.415. The summed E-state index contributed by atoms with van der Waals surface area (Å²) in [4.78, 5) is 8.51. The van der Waals surface area contributed by atoms with Crippen molar-refractivity contribution in [3.05, 3.63) is 47.1 Å². The standard InChI is InChI=1S/C15H14N4OS/c1-10-8-21-14-13(10)16-9-17-15(14)19-18-7-11-3-5-12(20-2)6-4-11/h3-9H,1-2H3,(H,16,17,19). The van der Waals surface area contributed by atoms with Crippen molar-refractivity contribution in [2.45, 2.75) is 6.92 Å². The van der Waals surface area contributed by atoms with Gasteiger partial charge < -0.3 is 4.74 Å². The maximum atomic E-state index is 5.12. The van der Waals surface area contributed by atoms with E-state index in [0.717, 1.165) is 32.9 Å². The van der Waals surface area contributed by atoms with Crippen LogP contribution in [0.2, 0.25) is 0 Å². The molecular formula is C15H14N4OS. The Hall–Kier alpha value is -2.47. The summed E-state index contributed by atoms with van der Waals surface area (Å²) in [5.74, 6) is 1.55. The molecule has 0 aliphatic heterocycles. The van der Waals surface area contributed by atoms with Crippen molar-refractivity contribution in [2.75, 3.05) is 12.5 Å². The number of benzene rings is 1. The summed E-state index contributed by atoms with van der Waals surface area (Å²) in [6, 6.07) is 7.67. The van der Waals surface area contributed by atoms with Gasteiger partial charge in [-0.2, -0.15) is 5.10 Å². The third-order valence-electron chi connectivity index (χ3n) is 3.03. The van der Waals surface area contributed by atoms with Crippen LogP contribution in [0.5, 0.6) is 5.75 Å². The Morgan fingerprint density at radius 3 is 2.81 bits per heavy atom. The lowest BCUT2D eigenvalue weighted by atomic mass is 10.2. The molecule has 6 heteroatoms. The van der Waals surface area contributed by atoms with Gasteiger partial charge in [0.1, 0.15) is 12.1 Å². The first-order chi connectivity index (χ1) is 10.3. The van der Waals surface area contributed by atoms with Gasteiger partial charge in [0.2, 0.25) is 0 Å². The Labute approximate surface area is 126 Å². The van der Waals surface area contributed by atoms with Crippen molar-refractivity contribution in [2.24, 2.45) is 5.10 Å². The number of ether oxygens (including phenoxy) is 1. The van der Waals surface area contributed by atoms with E-state index in [1.165, 1.54) is 0 Å². The highest BCUT2D eigenvalue weighted by molar-refractivity contribution is 7.18. The molecule has 0 unspecified atom stereocenters. The number of rotatable bonds is 4. The van der Waals surface area contributed by atoms with Gasteiger partial charge in [-0.25, -0.2) is 9.97 Å². The Balaban J connectivity index is 1.77. The van der Waals surface area contributed by atoms with Crippen LogP contribution in [0, 0.1) is 6.92 Å². The zero-order valence-electron chi connectivity index (χ0n) is 11.7. The Bertz CT molecular complexity index is 780. The summed E-state index contributed by atoms with van der Waals surface area (Å²) in [6.45, 7) is 2.04. The molecule has 2 heterocycles. The monoisotopic (exact) mass is 298 g/mol. The Morgan fingerprint density at radius 1 is 1.24 bits per heavy atom. The third kappa shape index (κ3) is 2.85. The van der Waals surface area contributed by atoms with E-state index in [1.54, 1.807) is 31.0 Å². The fraction of sp³-hybridized carbons (Fsp3) is 0.133. The number of aromatic nitrogens is 2. The van der Waals surface area contributed by atoms with Gasteiger partial charge in [0.05, 0.1) is 23.5 Å². The molecule has 0 fully saturated rings. The van der Waals surface area contributed by atoms with E-state index in [1.807, 2.05) is 31.2 Å². The van der Waals surface area contributed by atoms with E-state index in [9.17, 15) is 0 Å². The molecule has 0 amide bonds. The number of anilines is 1. The van der Waals surface area contributed by atoms with Crippen molar-refractivity contribution in [1.82, 2.24) is 9.97 Å². The van der Waals surface area contributed by atoms with Crippen LogP contribution in [-0.2, 0) is 0 Å². The normalized spacial score (nSPS) is 11.1. The number of fused-ring (bicyclic) bond motifs is 1. The van der Waals surface area contributed by atoms with Crippen molar-refractivity contribution in [3.63, 3.8) is 0 Å². The van der Waals surface area contributed by atoms with Crippen LogP contribution < -0.4 is 10.2 Å². The molecule has 0 saturated heterocycles. The second kappa shape index (κ2) is 5.88. The van der Waals surface area contributed by atoms with Crippen LogP contribution >= 0.6 is 11.3 Å². The van der Waals surface area contributed by atoms with Gasteiger partial charge in [-0.3, -0.25) is 5.43 Å². The molecule has 2 aromatic heterocycles. The molecule has 0 aliphatic rings. The highest BCUT2D eigenvalue weighted by atomic mass is 32.1. The molecule has 1 N–H and O–H groups in total. The summed E-state index contributed by atoms with van der Waals surface area (Å²) in [5, 5.41) is 6.29. The predicted octanol–water partition coefficient (Wildman–Crippen LogP) is 3.45. The lowest BCUT2D eigenvalue weighted by Gasteiger charge is -2.01. The molecule has 1 aromatic carbocycles. The Kier molecular flexibility index (Phi) is 3.79. The SMILES string of the molecule is COc1ccc(C=NNc2ncnc3c(C)csc23)cc1. The molecule has 0 radical (unpaired) electrons. The smallest absolute Gasteiger partial charge is 0.167 e. The van der Waals surface area contributed by atoms with Gasteiger partial charge in [0, 0.05) is 0 Å². The molecule has 3 aromatic rings. The lowest BCUT2D eigenvalue weighted by Crippen LogP contribution is -1.94. The summed E-state index contributed by atoms with van der Waals surface area (Å²) in [5.41, 5.74) is 6.08. The Morgan fingerprint density at radius 2 is 2.05 bits per heavy atom. The number of hydrazone groups is 1. The quantitative estimate of drug-likeness (QED) is 0.592.